The molecule has 0 radical (unpaired) electrons. The standard InChI is InChI=1S/C32H23Cl2FN2O5/c1-18(40-28-5-3-2-4-27(28)35)32(38)41-23-12-13-24-29(15-23)42-31(37)25(16-36)30(24)19-7-10-22(11-8-19)39-17-20-6-9-21(33)14-26(20)34/h2-15,18,30H,17,37H2,1H3. The van der Waals surface area contributed by atoms with Crippen LogP contribution in [0.25, 0.3) is 0 Å². The van der Waals surface area contributed by atoms with E-state index in [9.17, 15) is 14.4 Å². The molecule has 0 fully saturated rings. The third-order valence-corrected chi connectivity index (χ3v) is 7.09. The van der Waals surface area contributed by atoms with E-state index in [0.29, 0.717) is 27.1 Å². The van der Waals surface area contributed by atoms with Crippen molar-refractivity contribution in [2.24, 2.45) is 5.73 Å². The second kappa shape index (κ2) is 12.4. The van der Waals surface area contributed by atoms with Gasteiger partial charge >= 0.3 is 5.97 Å². The Morgan fingerprint density at radius 3 is 2.50 bits per heavy atom. The fourth-order valence-corrected chi connectivity index (χ4v) is 4.84. The molecule has 0 aromatic heterocycles. The van der Waals surface area contributed by atoms with Crippen LogP contribution in [-0.4, -0.2) is 12.1 Å². The monoisotopic (exact) mass is 604 g/mol. The van der Waals surface area contributed by atoms with Gasteiger partial charge in [0.05, 0.1) is 5.92 Å². The van der Waals surface area contributed by atoms with E-state index in [1.165, 1.54) is 31.2 Å². The molecule has 0 amide bonds. The number of esters is 1. The van der Waals surface area contributed by atoms with Crippen LogP contribution >= 0.6 is 23.2 Å². The molecule has 2 unspecified atom stereocenters. The van der Waals surface area contributed by atoms with Crippen molar-refractivity contribution in [3.8, 4) is 29.1 Å². The highest BCUT2D eigenvalue weighted by atomic mass is 35.5. The molecule has 1 heterocycles. The molecule has 42 heavy (non-hydrogen) atoms. The average molecular weight is 605 g/mol. The number of nitriles is 1. The highest BCUT2D eigenvalue weighted by Gasteiger charge is 2.31. The molecule has 7 nitrogen and oxygen atoms in total. The van der Waals surface area contributed by atoms with Crippen molar-refractivity contribution >= 4 is 29.2 Å². The molecule has 0 saturated carbocycles. The van der Waals surface area contributed by atoms with E-state index in [4.69, 9.17) is 47.9 Å². The van der Waals surface area contributed by atoms with Crippen LogP contribution in [0.4, 0.5) is 4.39 Å². The van der Waals surface area contributed by atoms with E-state index >= 15 is 0 Å². The summed E-state index contributed by atoms with van der Waals surface area (Å²) >= 11 is 12.2. The Bertz CT molecular complexity index is 1720. The van der Waals surface area contributed by atoms with Gasteiger partial charge in [-0.2, -0.15) is 5.26 Å². The van der Waals surface area contributed by atoms with Crippen molar-refractivity contribution in [2.45, 2.75) is 25.6 Å². The number of para-hydroxylation sites is 1. The number of carbonyl (C=O) groups is 1. The third kappa shape index (κ3) is 6.28. The minimum absolute atomic E-state index is 0.0626. The second-order valence-electron chi connectivity index (χ2n) is 9.33. The van der Waals surface area contributed by atoms with Crippen LogP contribution in [-0.2, 0) is 11.4 Å². The van der Waals surface area contributed by atoms with Gasteiger partial charge in [0, 0.05) is 27.2 Å². The lowest BCUT2D eigenvalue weighted by Crippen LogP contribution is -2.29. The molecule has 0 spiro atoms. The van der Waals surface area contributed by atoms with Crippen LogP contribution in [0.15, 0.2) is 96.4 Å². The molecular weight excluding hydrogens is 582 g/mol. The van der Waals surface area contributed by atoms with Gasteiger partial charge in [0.15, 0.2) is 17.7 Å². The lowest BCUT2D eigenvalue weighted by atomic mass is 9.83. The quantitative estimate of drug-likeness (QED) is 0.166. The van der Waals surface area contributed by atoms with Gasteiger partial charge in [-0.15, -0.1) is 0 Å². The first-order valence-electron chi connectivity index (χ1n) is 12.7. The summed E-state index contributed by atoms with van der Waals surface area (Å²) in [5.41, 5.74) is 8.57. The fraction of sp³-hybridized carbons (Fsp3) is 0.125. The van der Waals surface area contributed by atoms with E-state index in [1.54, 1.807) is 48.5 Å². The zero-order chi connectivity index (χ0) is 29.8. The normalized spacial score (nSPS) is 14.7. The number of allylic oxidation sites excluding steroid dienone is 1. The Balaban J connectivity index is 1.32. The van der Waals surface area contributed by atoms with Gasteiger partial charge in [-0.3, -0.25) is 0 Å². The Labute approximate surface area is 251 Å². The molecule has 212 valence electrons. The fourth-order valence-electron chi connectivity index (χ4n) is 4.38. The number of halogens is 3. The van der Waals surface area contributed by atoms with E-state index in [1.807, 2.05) is 12.1 Å². The largest absolute Gasteiger partial charge is 0.489 e. The molecule has 4 aromatic carbocycles. The molecule has 5 rings (SSSR count). The average Bonchev–Trinajstić information content (AvgIpc) is 2.97. The predicted octanol–water partition coefficient (Wildman–Crippen LogP) is 7.30. The number of benzene rings is 4. The molecule has 4 aromatic rings. The van der Waals surface area contributed by atoms with Crippen molar-refractivity contribution in [3.05, 3.63) is 129 Å². The minimum Gasteiger partial charge on any atom is -0.489 e. The number of rotatable bonds is 8. The zero-order valence-corrected chi connectivity index (χ0v) is 23.7. The molecule has 0 saturated heterocycles. The van der Waals surface area contributed by atoms with Crippen molar-refractivity contribution in [1.82, 2.24) is 0 Å². The maximum Gasteiger partial charge on any atom is 0.352 e. The Kier molecular flexibility index (Phi) is 8.53. The van der Waals surface area contributed by atoms with Crippen molar-refractivity contribution in [3.63, 3.8) is 0 Å². The molecule has 0 aliphatic carbocycles. The number of hydrogen-bond acceptors (Lipinski definition) is 7. The molecule has 1 aliphatic heterocycles. The van der Waals surface area contributed by atoms with Gasteiger partial charge in [-0.1, -0.05) is 59.6 Å². The lowest BCUT2D eigenvalue weighted by Gasteiger charge is -2.27. The summed E-state index contributed by atoms with van der Waals surface area (Å²) in [6, 6.07) is 25.1. The van der Waals surface area contributed by atoms with Crippen LogP contribution in [0.2, 0.25) is 10.0 Å². The van der Waals surface area contributed by atoms with Gasteiger partial charge in [0.1, 0.15) is 35.5 Å². The van der Waals surface area contributed by atoms with Gasteiger partial charge in [-0.05, 0) is 55.0 Å². The van der Waals surface area contributed by atoms with Crippen LogP contribution in [0.5, 0.6) is 23.0 Å². The summed E-state index contributed by atoms with van der Waals surface area (Å²) < 4.78 is 36.4. The highest BCUT2D eigenvalue weighted by molar-refractivity contribution is 6.35. The van der Waals surface area contributed by atoms with Crippen LogP contribution < -0.4 is 24.7 Å². The molecule has 10 heteroatoms. The van der Waals surface area contributed by atoms with Crippen molar-refractivity contribution in [2.75, 3.05) is 0 Å². The van der Waals surface area contributed by atoms with Crippen LogP contribution in [0, 0.1) is 17.1 Å². The smallest absolute Gasteiger partial charge is 0.352 e. The minimum atomic E-state index is -1.08. The molecule has 0 bridgehead atoms. The Morgan fingerprint density at radius 1 is 1.05 bits per heavy atom. The SMILES string of the molecule is CC(Oc1ccccc1F)C(=O)Oc1ccc2c(c1)OC(N)=C(C#N)C2c1ccc(OCc2ccc(Cl)cc2Cl)cc1. The lowest BCUT2D eigenvalue weighted by molar-refractivity contribution is -0.141. The summed E-state index contributed by atoms with van der Waals surface area (Å²) in [5, 5.41) is 10.9. The molecule has 2 N–H and O–H groups in total. The number of fused-ring (bicyclic) bond motifs is 1. The first-order chi connectivity index (χ1) is 20.2. The van der Waals surface area contributed by atoms with Gasteiger partial charge in [0.25, 0.3) is 0 Å². The number of hydrogen-bond donors (Lipinski definition) is 1. The topological polar surface area (TPSA) is 104 Å². The summed E-state index contributed by atoms with van der Waals surface area (Å²) in [6.07, 6.45) is -1.08. The number of ether oxygens (including phenoxy) is 4. The summed E-state index contributed by atoms with van der Waals surface area (Å²) in [7, 11) is 0. The van der Waals surface area contributed by atoms with E-state index < -0.39 is 23.8 Å². The maximum absolute atomic E-state index is 13.9. The summed E-state index contributed by atoms with van der Waals surface area (Å²) in [5.74, 6) is -0.901. The van der Waals surface area contributed by atoms with Gasteiger partial charge in [-0.25, -0.2) is 9.18 Å². The van der Waals surface area contributed by atoms with Crippen molar-refractivity contribution in [1.29, 1.82) is 5.26 Å². The molecular formula is C32H23Cl2FN2O5. The van der Waals surface area contributed by atoms with Crippen molar-refractivity contribution < 1.29 is 28.1 Å². The Morgan fingerprint density at radius 2 is 1.79 bits per heavy atom. The van der Waals surface area contributed by atoms with Crippen LogP contribution in [0.1, 0.15) is 29.5 Å². The van der Waals surface area contributed by atoms with E-state index in [2.05, 4.69) is 6.07 Å². The second-order valence-corrected chi connectivity index (χ2v) is 10.2. The first kappa shape index (κ1) is 28.8. The third-order valence-electron chi connectivity index (χ3n) is 6.50. The van der Waals surface area contributed by atoms with Crippen LogP contribution in [0.3, 0.4) is 0 Å². The Hall–Kier alpha value is -4.71. The highest BCUT2D eigenvalue weighted by Crippen LogP contribution is 2.43. The number of carbonyl (C=O) groups excluding carboxylic acids is 1. The van der Waals surface area contributed by atoms with Gasteiger partial charge < -0.3 is 24.7 Å². The van der Waals surface area contributed by atoms with E-state index in [-0.39, 0.29) is 29.6 Å². The predicted molar refractivity (Wildman–Crippen MR) is 155 cm³/mol. The number of nitrogens with zero attached hydrogens (tertiary/aromatic N) is 1. The maximum atomic E-state index is 13.9. The molecule has 2 atom stereocenters. The molecule has 1 aliphatic rings. The van der Waals surface area contributed by atoms with E-state index in [0.717, 1.165) is 11.1 Å². The zero-order valence-electron chi connectivity index (χ0n) is 22.1. The number of nitrogens with two attached hydrogens (primary N) is 1. The first-order valence-corrected chi connectivity index (χ1v) is 13.5. The summed E-state index contributed by atoms with van der Waals surface area (Å²) in [6.45, 7) is 1.70. The summed E-state index contributed by atoms with van der Waals surface area (Å²) in [4.78, 5) is 12.6. The van der Waals surface area contributed by atoms with Gasteiger partial charge in [0.2, 0.25) is 5.88 Å².